The van der Waals surface area contributed by atoms with Gasteiger partial charge >= 0.3 is 0 Å². The topological polar surface area (TPSA) is 76.2 Å². The van der Waals surface area contributed by atoms with Gasteiger partial charge in [-0.15, -0.1) is 0 Å². The van der Waals surface area contributed by atoms with Crippen LogP contribution in [-0.2, 0) is 14.6 Å². The Hall–Kier alpha value is -2.46. The molecule has 11 heteroatoms. The van der Waals surface area contributed by atoms with Gasteiger partial charge in [0.25, 0.3) is 5.91 Å². The van der Waals surface area contributed by atoms with E-state index in [1.807, 2.05) is 0 Å². The van der Waals surface area contributed by atoms with Crippen molar-refractivity contribution in [1.82, 2.24) is 15.3 Å². The molecule has 226 valence electrons. The highest BCUT2D eigenvalue weighted by Crippen LogP contribution is 2.56. The number of fused-ring (bicyclic) bond motifs is 3. The number of hydrogen-bond acceptors (Lipinski definition) is 4. The van der Waals surface area contributed by atoms with Crippen molar-refractivity contribution < 1.29 is 22.7 Å². The number of carbonyl (C=O) groups is 1. The predicted molar refractivity (Wildman–Crippen MR) is 164 cm³/mol. The van der Waals surface area contributed by atoms with Gasteiger partial charge in [-0.3, -0.25) is 4.79 Å². The normalized spacial score (nSPS) is 24.1. The Morgan fingerprint density at radius 1 is 1.07 bits per heavy atom. The van der Waals surface area contributed by atoms with Crippen LogP contribution in [0.15, 0.2) is 42.6 Å². The van der Waals surface area contributed by atoms with E-state index in [0.29, 0.717) is 17.7 Å². The molecule has 2 aromatic carbocycles. The van der Waals surface area contributed by atoms with Crippen LogP contribution in [0, 0.1) is 11.6 Å². The van der Waals surface area contributed by atoms with E-state index < -0.39 is 25.5 Å². The first-order valence-corrected chi connectivity index (χ1v) is 17.9. The molecule has 0 aliphatic heterocycles. The second-order valence-corrected chi connectivity index (χ2v) is 18.8. The van der Waals surface area contributed by atoms with E-state index in [1.54, 1.807) is 18.3 Å². The third-order valence-electron chi connectivity index (χ3n) is 9.48. The number of aromatic nitrogens is 2. The third-order valence-corrected chi connectivity index (χ3v) is 14.6. The minimum Gasteiger partial charge on any atom is -0.484 e. The average molecular weight is 637 g/mol. The number of halogens is 4. The van der Waals surface area contributed by atoms with Crippen molar-refractivity contribution in [3.63, 3.8) is 0 Å². The van der Waals surface area contributed by atoms with Crippen LogP contribution in [0.3, 0.4) is 0 Å². The molecule has 0 saturated heterocycles. The number of amides is 1. The molecule has 3 aliphatic carbocycles. The van der Waals surface area contributed by atoms with Gasteiger partial charge in [0, 0.05) is 17.2 Å². The van der Waals surface area contributed by atoms with E-state index in [4.69, 9.17) is 37.3 Å². The van der Waals surface area contributed by atoms with E-state index >= 15 is 0 Å². The minimum absolute atomic E-state index is 0.00429. The summed E-state index contributed by atoms with van der Waals surface area (Å²) in [6.07, 6.45) is 5.20. The van der Waals surface area contributed by atoms with Crippen molar-refractivity contribution in [2.24, 2.45) is 0 Å². The monoisotopic (exact) mass is 635 g/mol. The SMILES string of the molecule is CC(C)(C)[Si](C)(C)OC1CC2(NC(=O)COc3ccc(Cl)c(F)c3)CCC1(c1ncc(-c3ccc(Cl)c(F)c3)[nH]1)CC2. The summed E-state index contributed by atoms with van der Waals surface area (Å²) in [5, 5.41) is 3.30. The molecular weight excluding hydrogens is 599 g/mol. The number of rotatable bonds is 8. The predicted octanol–water partition coefficient (Wildman–Crippen LogP) is 8.20. The second-order valence-electron chi connectivity index (χ2n) is 13.2. The number of imidazole rings is 1. The molecule has 42 heavy (non-hydrogen) atoms. The summed E-state index contributed by atoms with van der Waals surface area (Å²) in [4.78, 5) is 21.4. The number of carbonyl (C=O) groups excluding carboxylic acids is 1. The number of H-pyrrole nitrogens is 1. The van der Waals surface area contributed by atoms with Crippen LogP contribution >= 0.6 is 23.2 Å². The quantitative estimate of drug-likeness (QED) is 0.245. The summed E-state index contributed by atoms with van der Waals surface area (Å²) in [5.74, 6) is -0.287. The lowest BCUT2D eigenvalue weighted by molar-refractivity contribution is -0.129. The van der Waals surface area contributed by atoms with Crippen LogP contribution in [0.2, 0.25) is 28.2 Å². The maximum atomic E-state index is 14.2. The molecular formula is C31H37Cl2F2N3O3Si. The van der Waals surface area contributed by atoms with Gasteiger partial charge in [0.15, 0.2) is 14.9 Å². The van der Waals surface area contributed by atoms with E-state index in [0.717, 1.165) is 31.5 Å². The molecule has 2 bridgehead atoms. The highest BCUT2D eigenvalue weighted by atomic mass is 35.5. The maximum Gasteiger partial charge on any atom is 0.258 e. The van der Waals surface area contributed by atoms with Gasteiger partial charge in [0.1, 0.15) is 23.2 Å². The van der Waals surface area contributed by atoms with Crippen LogP contribution in [-0.4, -0.2) is 42.4 Å². The van der Waals surface area contributed by atoms with Crippen molar-refractivity contribution >= 4 is 37.4 Å². The zero-order valence-corrected chi connectivity index (χ0v) is 27.1. The van der Waals surface area contributed by atoms with Gasteiger partial charge in [0.05, 0.1) is 33.5 Å². The Kier molecular flexibility index (Phi) is 8.28. The zero-order valence-electron chi connectivity index (χ0n) is 24.5. The smallest absolute Gasteiger partial charge is 0.258 e. The Labute approximate surface area is 256 Å². The van der Waals surface area contributed by atoms with E-state index in [1.165, 1.54) is 24.3 Å². The summed E-state index contributed by atoms with van der Waals surface area (Å²) >= 11 is 11.7. The largest absolute Gasteiger partial charge is 0.484 e. The van der Waals surface area contributed by atoms with Gasteiger partial charge < -0.3 is 19.5 Å². The van der Waals surface area contributed by atoms with E-state index in [-0.39, 0.29) is 44.9 Å². The third kappa shape index (κ3) is 5.98. The molecule has 1 amide bonds. The Bertz CT molecular complexity index is 1480. The molecule has 3 saturated carbocycles. The number of nitrogens with one attached hydrogen (secondary N) is 2. The van der Waals surface area contributed by atoms with Crippen LogP contribution in [0.5, 0.6) is 5.75 Å². The van der Waals surface area contributed by atoms with Crippen molar-refractivity contribution in [3.8, 4) is 17.0 Å². The van der Waals surface area contributed by atoms with Crippen LogP contribution in [0.4, 0.5) is 8.78 Å². The number of hydrogen-bond donors (Lipinski definition) is 2. The lowest BCUT2D eigenvalue weighted by Gasteiger charge is -2.58. The molecule has 2 N–H and O–H groups in total. The Balaban J connectivity index is 1.38. The van der Waals surface area contributed by atoms with Crippen molar-refractivity contribution in [3.05, 3.63) is 70.1 Å². The van der Waals surface area contributed by atoms with Gasteiger partial charge in [-0.1, -0.05) is 50.0 Å². The van der Waals surface area contributed by atoms with Gasteiger partial charge in [-0.25, -0.2) is 13.8 Å². The lowest BCUT2D eigenvalue weighted by atomic mass is 9.55. The highest BCUT2D eigenvalue weighted by molar-refractivity contribution is 6.74. The van der Waals surface area contributed by atoms with Crippen LogP contribution < -0.4 is 10.1 Å². The maximum absolute atomic E-state index is 14.2. The first-order chi connectivity index (χ1) is 19.6. The second kappa shape index (κ2) is 11.2. The summed E-state index contributed by atoms with van der Waals surface area (Å²) in [7, 11) is -2.21. The molecule has 1 unspecified atom stereocenters. The lowest BCUT2D eigenvalue weighted by Crippen LogP contribution is -2.66. The standard InChI is InChI=1S/C31H37Cl2F2N3O3Si/c1-29(2,3)42(4,5)41-26-16-30(38-27(39)18-40-20-7-9-22(33)24(35)15-20)10-12-31(26,13-11-30)28-36-17-25(37-28)19-6-8-21(32)23(34)14-19/h6-9,14-15,17,26H,10-13,16,18H2,1-5H3,(H,36,37)(H,38,39). The molecule has 3 aromatic rings. The fourth-order valence-electron chi connectivity index (χ4n) is 5.94. The van der Waals surface area contributed by atoms with Crippen LogP contribution in [0.1, 0.15) is 58.7 Å². The number of nitrogens with zero attached hydrogens (tertiary/aromatic N) is 1. The molecule has 6 nitrogen and oxygen atoms in total. The van der Waals surface area contributed by atoms with E-state index in [9.17, 15) is 13.6 Å². The number of ether oxygens (including phenoxy) is 1. The first kappa shape index (κ1) is 31.0. The Morgan fingerprint density at radius 3 is 2.33 bits per heavy atom. The molecule has 3 fully saturated rings. The number of aromatic amines is 1. The molecule has 0 radical (unpaired) electrons. The molecule has 6 rings (SSSR count). The van der Waals surface area contributed by atoms with Gasteiger partial charge in [-0.2, -0.15) is 0 Å². The fraction of sp³-hybridized carbons (Fsp3) is 0.484. The van der Waals surface area contributed by atoms with Gasteiger partial charge in [-0.05, 0) is 74.5 Å². The van der Waals surface area contributed by atoms with E-state index in [2.05, 4.69) is 44.2 Å². The summed E-state index contributed by atoms with van der Waals surface area (Å²) in [6.45, 7) is 10.9. The van der Waals surface area contributed by atoms with Crippen molar-refractivity contribution in [2.75, 3.05) is 6.61 Å². The zero-order chi connectivity index (χ0) is 30.5. The van der Waals surface area contributed by atoms with Crippen LogP contribution in [0.25, 0.3) is 11.3 Å². The highest BCUT2D eigenvalue weighted by Gasteiger charge is 2.59. The van der Waals surface area contributed by atoms with Crippen molar-refractivity contribution in [1.29, 1.82) is 0 Å². The summed E-state index contributed by atoms with van der Waals surface area (Å²) in [6, 6.07) is 8.82. The summed E-state index contributed by atoms with van der Waals surface area (Å²) < 4.78 is 40.7. The molecule has 1 atom stereocenters. The minimum atomic E-state index is -2.21. The molecule has 1 heterocycles. The molecule has 3 aliphatic rings. The fourth-order valence-corrected chi connectivity index (χ4v) is 7.54. The molecule has 0 spiro atoms. The van der Waals surface area contributed by atoms with Crippen molar-refractivity contribution in [2.45, 2.75) is 88.1 Å². The molecule has 1 aromatic heterocycles. The first-order valence-electron chi connectivity index (χ1n) is 14.2. The van der Waals surface area contributed by atoms with Gasteiger partial charge in [0.2, 0.25) is 0 Å². The Morgan fingerprint density at radius 2 is 1.71 bits per heavy atom. The number of benzene rings is 2. The average Bonchev–Trinajstić information content (AvgIpc) is 3.42. The summed E-state index contributed by atoms with van der Waals surface area (Å²) in [5.41, 5.74) is 0.563.